The maximum atomic E-state index is 5.68. The van der Waals surface area contributed by atoms with Gasteiger partial charge < -0.3 is 14.2 Å². The monoisotopic (exact) mass is 386 g/mol. The molecule has 2 heterocycles. The minimum atomic E-state index is 0.401. The number of hydrogen-bond acceptors (Lipinski definition) is 5. The van der Waals surface area contributed by atoms with Gasteiger partial charge in [0.2, 0.25) is 0 Å². The van der Waals surface area contributed by atoms with E-state index in [0.717, 1.165) is 24.3 Å². The van der Waals surface area contributed by atoms with Crippen LogP contribution in [-0.2, 0) is 4.74 Å². The molecule has 1 aromatic carbocycles. The lowest BCUT2D eigenvalue weighted by Crippen LogP contribution is -2.14. The van der Waals surface area contributed by atoms with Crippen molar-refractivity contribution in [3.63, 3.8) is 0 Å². The van der Waals surface area contributed by atoms with Gasteiger partial charge in [0, 0.05) is 12.2 Å². The minimum absolute atomic E-state index is 0.401. The summed E-state index contributed by atoms with van der Waals surface area (Å²) in [4.78, 5) is 8.74. The van der Waals surface area contributed by atoms with E-state index in [9.17, 15) is 0 Å². The van der Waals surface area contributed by atoms with E-state index in [1.54, 1.807) is 6.20 Å². The maximum Gasteiger partial charge on any atom is 0.317 e. The molecule has 1 aliphatic heterocycles. The Morgan fingerprint density at radius 2 is 1.93 bits per heavy atom. The first-order valence-corrected chi connectivity index (χ1v) is 10.4. The highest BCUT2D eigenvalue weighted by Crippen LogP contribution is 2.28. The zero-order valence-corrected chi connectivity index (χ0v) is 17.7. The van der Waals surface area contributed by atoms with Crippen molar-refractivity contribution in [2.24, 2.45) is 5.92 Å². The highest BCUT2D eigenvalue weighted by molar-refractivity contribution is 5.65. The van der Waals surface area contributed by atoms with E-state index in [0.29, 0.717) is 37.0 Å². The van der Waals surface area contributed by atoms with Crippen molar-refractivity contribution < 1.29 is 14.2 Å². The van der Waals surface area contributed by atoms with E-state index in [-0.39, 0.29) is 0 Å². The Hall–Kier alpha value is -2.14. The summed E-state index contributed by atoms with van der Waals surface area (Å²) in [7, 11) is 0. The number of ether oxygens (including phenoxy) is 3. The third-order valence-corrected chi connectivity index (χ3v) is 4.68. The van der Waals surface area contributed by atoms with Gasteiger partial charge in [0.1, 0.15) is 5.69 Å². The molecule has 0 bridgehead atoms. The van der Waals surface area contributed by atoms with Crippen LogP contribution in [0, 0.1) is 5.92 Å². The van der Waals surface area contributed by atoms with Gasteiger partial charge in [-0.25, -0.2) is 0 Å². The summed E-state index contributed by atoms with van der Waals surface area (Å²) in [5.74, 6) is 1.17. The molecule has 5 nitrogen and oxygen atoms in total. The van der Waals surface area contributed by atoms with Crippen LogP contribution in [0.3, 0.4) is 0 Å². The molecule has 0 amide bonds. The molecule has 28 heavy (non-hydrogen) atoms. The second-order valence-electron chi connectivity index (χ2n) is 7.17. The summed E-state index contributed by atoms with van der Waals surface area (Å²) in [5.41, 5.74) is 1.77. The van der Waals surface area contributed by atoms with Crippen molar-refractivity contribution in [2.45, 2.75) is 59.5 Å². The zero-order valence-electron chi connectivity index (χ0n) is 17.7. The standard InChI is InChI=1S/C17H22N2O2.C6H12O/c1-4-13(3)12-21-17-18-11-15(20-5-2)16(19-17)14-9-7-6-8-10-14;1-6-4-2-3-5-7-6/h6-11,13H,4-5,12H2,1-3H3;6H,2-5H2,1H3. The van der Waals surface area contributed by atoms with Crippen LogP contribution in [0.1, 0.15) is 53.4 Å². The van der Waals surface area contributed by atoms with E-state index in [2.05, 4.69) is 30.7 Å². The molecule has 1 fully saturated rings. The van der Waals surface area contributed by atoms with Gasteiger partial charge in [-0.3, -0.25) is 0 Å². The number of hydrogen-bond donors (Lipinski definition) is 0. The van der Waals surface area contributed by atoms with E-state index >= 15 is 0 Å². The molecule has 5 heteroatoms. The first-order valence-electron chi connectivity index (χ1n) is 10.4. The molecule has 154 valence electrons. The van der Waals surface area contributed by atoms with Crippen molar-refractivity contribution >= 4 is 0 Å². The second-order valence-corrected chi connectivity index (χ2v) is 7.17. The average Bonchev–Trinajstić information content (AvgIpc) is 2.74. The molecule has 2 aromatic rings. The fourth-order valence-corrected chi connectivity index (χ4v) is 2.72. The maximum absolute atomic E-state index is 5.68. The van der Waals surface area contributed by atoms with Crippen LogP contribution < -0.4 is 9.47 Å². The van der Waals surface area contributed by atoms with Crippen LogP contribution >= 0.6 is 0 Å². The minimum Gasteiger partial charge on any atom is -0.490 e. The lowest BCUT2D eigenvalue weighted by atomic mass is 10.1. The number of aromatic nitrogens is 2. The van der Waals surface area contributed by atoms with Crippen LogP contribution in [0.5, 0.6) is 11.8 Å². The summed E-state index contributed by atoms with van der Waals surface area (Å²) >= 11 is 0. The number of benzene rings is 1. The molecule has 3 rings (SSSR count). The third kappa shape index (κ3) is 7.47. The molecule has 2 atom stereocenters. The van der Waals surface area contributed by atoms with Crippen molar-refractivity contribution in [1.82, 2.24) is 9.97 Å². The zero-order chi connectivity index (χ0) is 20.2. The molecule has 0 N–H and O–H groups in total. The average molecular weight is 387 g/mol. The molecule has 0 aliphatic carbocycles. The Labute approximate surface area is 169 Å². The summed E-state index contributed by atoms with van der Waals surface area (Å²) in [6, 6.07) is 10.3. The van der Waals surface area contributed by atoms with Crippen molar-refractivity contribution in [2.75, 3.05) is 19.8 Å². The van der Waals surface area contributed by atoms with Crippen LogP contribution in [0.15, 0.2) is 36.5 Å². The molecule has 1 saturated heterocycles. The predicted molar refractivity (Wildman–Crippen MR) is 113 cm³/mol. The Morgan fingerprint density at radius 1 is 1.14 bits per heavy atom. The molecule has 1 aliphatic rings. The summed E-state index contributed by atoms with van der Waals surface area (Å²) < 4.78 is 16.6. The molecule has 0 radical (unpaired) electrons. The van der Waals surface area contributed by atoms with Gasteiger partial charge in [0.25, 0.3) is 0 Å². The lowest BCUT2D eigenvalue weighted by Gasteiger charge is -2.17. The fraction of sp³-hybridized carbons (Fsp3) is 0.565. The highest BCUT2D eigenvalue weighted by Gasteiger charge is 2.12. The molecule has 2 unspecified atom stereocenters. The SMILES string of the molecule is CC1CCCCO1.CCOc1cnc(OCC(C)CC)nc1-c1ccccc1. The topological polar surface area (TPSA) is 53.5 Å². The molecular weight excluding hydrogens is 352 g/mol. The third-order valence-electron chi connectivity index (χ3n) is 4.68. The largest absolute Gasteiger partial charge is 0.490 e. The highest BCUT2D eigenvalue weighted by atomic mass is 16.5. The first kappa shape index (κ1) is 22.2. The predicted octanol–water partition coefficient (Wildman–Crippen LogP) is 5.54. The summed E-state index contributed by atoms with van der Waals surface area (Å²) in [5, 5.41) is 0. The Bertz CT molecular complexity index is 673. The number of nitrogens with zero attached hydrogens (tertiary/aromatic N) is 2. The van der Waals surface area contributed by atoms with Gasteiger partial charge in [-0.1, -0.05) is 50.6 Å². The van der Waals surface area contributed by atoms with Crippen LogP contribution in [0.25, 0.3) is 11.3 Å². The van der Waals surface area contributed by atoms with Crippen LogP contribution in [0.4, 0.5) is 0 Å². The van der Waals surface area contributed by atoms with Gasteiger partial charge in [-0.05, 0) is 39.0 Å². The van der Waals surface area contributed by atoms with Crippen molar-refractivity contribution in [3.05, 3.63) is 36.5 Å². The van der Waals surface area contributed by atoms with E-state index < -0.39 is 0 Å². The van der Waals surface area contributed by atoms with Gasteiger partial charge in [0.15, 0.2) is 5.75 Å². The van der Waals surface area contributed by atoms with Gasteiger partial charge in [0.05, 0.1) is 25.5 Å². The van der Waals surface area contributed by atoms with E-state index in [1.807, 2.05) is 37.3 Å². The van der Waals surface area contributed by atoms with Gasteiger partial charge in [-0.15, -0.1) is 0 Å². The Morgan fingerprint density at radius 3 is 2.50 bits per heavy atom. The van der Waals surface area contributed by atoms with E-state index in [4.69, 9.17) is 14.2 Å². The summed E-state index contributed by atoms with van der Waals surface area (Å²) in [6.07, 6.45) is 7.19. The lowest BCUT2D eigenvalue weighted by molar-refractivity contribution is 0.0285. The van der Waals surface area contributed by atoms with Crippen molar-refractivity contribution in [3.8, 4) is 23.0 Å². The smallest absolute Gasteiger partial charge is 0.317 e. The first-order chi connectivity index (χ1) is 13.6. The summed E-state index contributed by atoms with van der Waals surface area (Å²) in [6.45, 7) is 10.6. The molecule has 1 aromatic heterocycles. The van der Waals surface area contributed by atoms with Gasteiger partial charge >= 0.3 is 6.01 Å². The van der Waals surface area contributed by atoms with Crippen LogP contribution in [-0.4, -0.2) is 35.9 Å². The molecular formula is C23H34N2O3. The van der Waals surface area contributed by atoms with E-state index in [1.165, 1.54) is 19.3 Å². The Balaban J connectivity index is 0.000000336. The van der Waals surface area contributed by atoms with Gasteiger partial charge in [-0.2, -0.15) is 9.97 Å². The van der Waals surface area contributed by atoms with Crippen molar-refractivity contribution in [1.29, 1.82) is 0 Å². The Kier molecular flexibility index (Phi) is 9.77. The molecule has 0 spiro atoms. The number of rotatable bonds is 7. The molecule has 0 saturated carbocycles. The normalized spacial score (nSPS) is 17.2. The fourth-order valence-electron chi connectivity index (χ4n) is 2.72. The second kappa shape index (κ2) is 12.3. The van der Waals surface area contributed by atoms with Crippen LogP contribution in [0.2, 0.25) is 0 Å². The quantitative estimate of drug-likeness (QED) is 0.625.